The Kier molecular flexibility index (Phi) is 6.32. The number of aliphatic hydroxyl groups excluding tert-OH is 1. The number of rotatable bonds is 4. The second-order valence-corrected chi connectivity index (χ2v) is 2.44. The van der Waals surface area contributed by atoms with E-state index in [0.29, 0.717) is 13.2 Å². The fourth-order valence-electron chi connectivity index (χ4n) is 0.910. The maximum atomic E-state index is 8.81. The second-order valence-electron chi connectivity index (χ2n) is 2.44. The van der Waals surface area contributed by atoms with E-state index in [-0.39, 0.29) is 19.0 Å². The first-order valence-electron chi connectivity index (χ1n) is 3.89. The molecule has 3 nitrogen and oxygen atoms in total. The molecule has 0 spiro atoms. The van der Waals surface area contributed by atoms with Crippen molar-refractivity contribution in [1.29, 1.82) is 0 Å². The summed E-state index contributed by atoms with van der Waals surface area (Å²) < 4.78 is 5.26. The van der Waals surface area contributed by atoms with Gasteiger partial charge in [0.15, 0.2) is 0 Å². The van der Waals surface area contributed by atoms with Crippen LogP contribution in [-0.4, -0.2) is 18.3 Å². The van der Waals surface area contributed by atoms with Crippen LogP contribution in [0.4, 0.5) is 0 Å². The summed E-state index contributed by atoms with van der Waals surface area (Å²) in [5.41, 5.74) is 6.12. The zero-order valence-corrected chi connectivity index (χ0v) is 8.09. The maximum absolute atomic E-state index is 8.81. The van der Waals surface area contributed by atoms with Crippen molar-refractivity contribution in [2.75, 3.05) is 13.2 Å². The Hall–Kier alpha value is -0.770. The van der Waals surface area contributed by atoms with Gasteiger partial charge in [0.1, 0.15) is 12.4 Å². The van der Waals surface area contributed by atoms with E-state index in [0.717, 1.165) is 11.3 Å². The lowest BCUT2D eigenvalue weighted by Crippen LogP contribution is -2.10. The van der Waals surface area contributed by atoms with Gasteiger partial charge in [0.25, 0.3) is 0 Å². The molecule has 1 aromatic rings. The Balaban J connectivity index is 0.00000144. The molecule has 0 aliphatic rings. The molecule has 74 valence electrons. The average molecular weight is 204 g/mol. The van der Waals surface area contributed by atoms with E-state index in [1.807, 2.05) is 18.2 Å². The first kappa shape index (κ1) is 12.2. The van der Waals surface area contributed by atoms with Gasteiger partial charge >= 0.3 is 0 Å². The Morgan fingerprint density at radius 3 is 2.77 bits per heavy atom. The number of halogens is 1. The highest BCUT2D eigenvalue weighted by atomic mass is 35.5. The van der Waals surface area contributed by atoms with Crippen molar-refractivity contribution in [3.05, 3.63) is 29.8 Å². The predicted molar refractivity (Wildman–Crippen MR) is 54.2 cm³/mol. The van der Waals surface area contributed by atoms with Crippen LogP contribution in [0.2, 0.25) is 0 Å². The molecule has 0 radical (unpaired) electrons. The van der Waals surface area contributed by atoms with E-state index in [1.165, 1.54) is 0 Å². The van der Waals surface area contributed by atoms with E-state index in [4.69, 9.17) is 15.6 Å². The summed E-state index contributed by atoms with van der Waals surface area (Å²) in [5, 5.41) is 8.81. The molecule has 0 bridgehead atoms. The van der Waals surface area contributed by atoms with Crippen molar-refractivity contribution in [1.82, 2.24) is 0 Å². The number of nitrogens with two attached hydrogens (primary N) is 1. The number of aliphatic hydroxyl groups is 1. The van der Waals surface area contributed by atoms with Crippen molar-refractivity contribution < 1.29 is 9.84 Å². The molecule has 0 amide bonds. The summed E-state index contributed by atoms with van der Waals surface area (Å²) >= 11 is 0. The monoisotopic (exact) mass is 203 g/mol. The van der Waals surface area contributed by atoms with Crippen LogP contribution in [0.15, 0.2) is 24.3 Å². The van der Waals surface area contributed by atoms with Gasteiger partial charge in [-0.15, -0.1) is 12.4 Å². The van der Waals surface area contributed by atoms with Gasteiger partial charge in [-0.1, -0.05) is 12.1 Å². The minimum absolute atomic E-state index is 0. The molecule has 0 fully saturated rings. The molecule has 1 rings (SSSR count). The number of hydrogen-bond acceptors (Lipinski definition) is 3. The van der Waals surface area contributed by atoms with Gasteiger partial charge in [0.05, 0.1) is 6.61 Å². The van der Waals surface area contributed by atoms with Gasteiger partial charge in [-0.05, 0) is 17.7 Å². The van der Waals surface area contributed by atoms with Crippen LogP contribution in [0.5, 0.6) is 5.75 Å². The van der Waals surface area contributed by atoms with Crippen LogP contribution >= 0.6 is 12.4 Å². The lowest BCUT2D eigenvalue weighted by molar-refractivity contribution is 0.279. The normalized spacial score (nSPS) is 9.08. The molecule has 0 saturated heterocycles. The molecule has 0 heterocycles. The molecule has 0 atom stereocenters. The molecule has 0 aliphatic heterocycles. The third kappa shape index (κ3) is 4.12. The number of ether oxygens (including phenoxy) is 1. The molecule has 1 aromatic carbocycles. The topological polar surface area (TPSA) is 55.5 Å². The minimum Gasteiger partial charge on any atom is -0.492 e. The summed E-state index contributed by atoms with van der Waals surface area (Å²) in [6, 6.07) is 7.33. The van der Waals surface area contributed by atoms with E-state index in [2.05, 4.69) is 0 Å². The van der Waals surface area contributed by atoms with E-state index < -0.39 is 0 Å². The summed E-state index contributed by atoms with van der Waals surface area (Å²) in [5.74, 6) is 0.756. The van der Waals surface area contributed by atoms with Gasteiger partial charge < -0.3 is 15.6 Å². The fraction of sp³-hybridized carbons (Fsp3) is 0.333. The highest BCUT2D eigenvalue weighted by Crippen LogP contribution is 2.12. The Morgan fingerprint density at radius 2 is 2.15 bits per heavy atom. The SMILES string of the molecule is Cl.NCCOc1cccc(CO)c1. The standard InChI is InChI=1S/C9H13NO2.ClH/c10-4-5-12-9-3-1-2-8(6-9)7-11;/h1-3,6,11H,4-5,7,10H2;1H. The van der Waals surface area contributed by atoms with E-state index in [1.54, 1.807) is 6.07 Å². The van der Waals surface area contributed by atoms with Gasteiger partial charge in [-0.25, -0.2) is 0 Å². The van der Waals surface area contributed by atoms with Crippen LogP contribution in [0.3, 0.4) is 0 Å². The third-order valence-electron chi connectivity index (χ3n) is 1.47. The molecular weight excluding hydrogens is 190 g/mol. The molecule has 0 unspecified atom stereocenters. The zero-order chi connectivity index (χ0) is 8.81. The Labute approximate surface area is 83.9 Å². The third-order valence-corrected chi connectivity index (χ3v) is 1.47. The summed E-state index contributed by atoms with van der Waals surface area (Å²) in [6.07, 6.45) is 0. The predicted octanol–water partition coefficient (Wildman–Crippen LogP) is 0.938. The smallest absolute Gasteiger partial charge is 0.119 e. The molecule has 4 heteroatoms. The highest BCUT2D eigenvalue weighted by Gasteiger charge is 1.94. The van der Waals surface area contributed by atoms with Gasteiger partial charge in [-0.3, -0.25) is 0 Å². The number of hydrogen-bond donors (Lipinski definition) is 2. The summed E-state index contributed by atoms with van der Waals surface area (Å²) in [7, 11) is 0. The van der Waals surface area contributed by atoms with Crippen molar-refractivity contribution in [2.45, 2.75) is 6.61 Å². The summed E-state index contributed by atoms with van der Waals surface area (Å²) in [4.78, 5) is 0. The van der Waals surface area contributed by atoms with Gasteiger partial charge in [0, 0.05) is 6.54 Å². The molecule has 13 heavy (non-hydrogen) atoms. The van der Waals surface area contributed by atoms with Crippen molar-refractivity contribution >= 4 is 12.4 Å². The fourth-order valence-corrected chi connectivity index (χ4v) is 0.910. The van der Waals surface area contributed by atoms with Gasteiger partial charge in [0.2, 0.25) is 0 Å². The highest BCUT2D eigenvalue weighted by molar-refractivity contribution is 5.85. The number of benzene rings is 1. The lowest BCUT2D eigenvalue weighted by atomic mass is 10.2. The van der Waals surface area contributed by atoms with Crippen molar-refractivity contribution in [3.8, 4) is 5.75 Å². The second kappa shape index (κ2) is 6.71. The summed E-state index contributed by atoms with van der Waals surface area (Å²) in [6.45, 7) is 1.05. The van der Waals surface area contributed by atoms with Gasteiger partial charge in [-0.2, -0.15) is 0 Å². The zero-order valence-electron chi connectivity index (χ0n) is 7.27. The van der Waals surface area contributed by atoms with Crippen LogP contribution in [0.25, 0.3) is 0 Å². The van der Waals surface area contributed by atoms with Crippen LogP contribution in [-0.2, 0) is 6.61 Å². The Morgan fingerprint density at radius 1 is 1.38 bits per heavy atom. The lowest BCUT2D eigenvalue weighted by Gasteiger charge is -2.04. The van der Waals surface area contributed by atoms with Crippen molar-refractivity contribution in [2.24, 2.45) is 5.73 Å². The molecule has 0 aromatic heterocycles. The molecule has 3 N–H and O–H groups in total. The maximum Gasteiger partial charge on any atom is 0.119 e. The Bertz CT molecular complexity index is 243. The quantitative estimate of drug-likeness (QED) is 0.766. The first-order valence-corrected chi connectivity index (χ1v) is 3.89. The van der Waals surface area contributed by atoms with Crippen molar-refractivity contribution in [3.63, 3.8) is 0 Å². The average Bonchev–Trinajstić information content (AvgIpc) is 2.15. The van der Waals surface area contributed by atoms with Crippen LogP contribution in [0.1, 0.15) is 5.56 Å². The largest absolute Gasteiger partial charge is 0.492 e. The van der Waals surface area contributed by atoms with Crippen LogP contribution < -0.4 is 10.5 Å². The first-order chi connectivity index (χ1) is 5.86. The minimum atomic E-state index is 0. The molecular formula is C9H14ClNO2. The van der Waals surface area contributed by atoms with E-state index in [9.17, 15) is 0 Å². The molecule has 0 aliphatic carbocycles. The van der Waals surface area contributed by atoms with Crippen LogP contribution in [0, 0.1) is 0 Å². The molecule has 0 saturated carbocycles. The van der Waals surface area contributed by atoms with E-state index >= 15 is 0 Å².